The Hall–Kier alpha value is -2.66. The molecule has 27 heavy (non-hydrogen) atoms. The maximum Gasteiger partial charge on any atom is 0.338 e. The fourth-order valence-corrected chi connectivity index (χ4v) is 3.12. The van der Waals surface area contributed by atoms with Crippen LogP contribution in [0.25, 0.3) is 0 Å². The highest BCUT2D eigenvalue weighted by molar-refractivity contribution is 6.57. The summed E-state index contributed by atoms with van der Waals surface area (Å²) in [5, 5.41) is 3.28. The highest BCUT2D eigenvalue weighted by Crippen LogP contribution is 2.34. The molecule has 0 atom stereocenters. The highest BCUT2D eigenvalue weighted by Gasteiger charge is 2.29. The van der Waals surface area contributed by atoms with Crippen molar-refractivity contribution in [3.8, 4) is 0 Å². The lowest BCUT2D eigenvalue weighted by Crippen LogP contribution is -2.14. The normalized spacial score (nSPS) is 14.2. The van der Waals surface area contributed by atoms with Gasteiger partial charge in [0.25, 0.3) is 5.91 Å². The van der Waals surface area contributed by atoms with Gasteiger partial charge in [0, 0.05) is 5.56 Å². The molecular weight excluding hydrogens is 364 g/mol. The Morgan fingerprint density at radius 2 is 1.89 bits per heavy atom. The van der Waals surface area contributed by atoms with Crippen LogP contribution in [0.2, 0.25) is 5.02 Å². The first-order chi connectivity index (χ1) is 13.0. The molecule has 6 heteroatoms. The quantitative estimate of drug-likeness (QED) is 0.558. The number of aliphatic imine (C=N–C) groups is 1. The molecule has 2 aromatic rings. The van der Waals surface area contributed by atoms with Crippen LogP contribution in [-0.4, -0.2) is 24.2 Å². The number of carbonyl (C=O) groups is 2. The number of carbonyl (C=O) groups excluding carboxylic acids is 2. The van der Waals surface area contributed by atoms with E-state index in [1.165, 1.54) is 0 Å². The van der Waals surface area contributed by atoms with E-state index in [0.717, 1.165) is 24.8 Å². The molecule has 0 fully saturated rings. The first kappa shape index (κ1) is 19.1. The summed E-state index contributed by atoms with van der Waals surface area (Å²) in [6, 6.07) is 10.3. The first-order valence-corrected chi connectivity index (χ1v) is 9.35. The number of nitrogens with one attached hydrogen (secondary N) is 1. The van der Waals surface area contributed by atoms with Crippen LogP contribution in [0.4, 0.5) is 11.4 Å². The van der Waals surface area contributed by atoms with Gasteiger partial charge in [0.05, 0.1) is 28.6 Å². The predicted octanol–water partition coefficient (Wildman–Crippen LogP) is 5.07. The summed E-state index contributed by atoms with van der Waals surface area (Å²) in [6.07, 6.45) is 2.98. The Morgan fingerprint density at radius 1 is 1.15 bits per heavy atom. The van der Waals surface area contributed by atoms with Gasteiger partial charge in [-0.15, -0.1) is 0 Å². The van der Waals surface area contributed by atoms with Gasteiger partial charge in [-0.25, -0.2) is 9.79 Å². The molecule has 1 N–H and O–H groups in total. The molecular formula is C21H21ClN2O3. The minimum absolute atomic E-state index is 0.272. The Morgan fingerprint density at radius 3 is 2.59 bits per heavy atom. The van der Waals surface area contributed by atoms with Crippen LogP contribution in [-0.2, 0) is 9.53 Å². The molecule has 1 amide bonds. The molecule has 1 aliphatic heterocycles. The molecule has 2 aromatic carbocycles. The van der Waals surface area contributed by atoms with Crippen molar-refractivity contribution in [2.24, 2.45) is 4.99 Å². The lowest BCUT2D eigenvalue weighted by Gasteiger charge is -2.05. The van der Waals surface area contributed by atoms with Gasteiger partial charge in [-0.05, 0) is 49.2 Å². The predicted molar refractivity (Wildman–Crippen MR) is 107 cm³/mol. The molecule has 3 rings (SSSR count). The number of aryl methyl sites for hydroxylation is 1. The Balaban J connectivity index is 1.78. The zero-order chi connectivity index (χ0) is 19.4. The van der Waals surface area contributed by atoms with E-state index < -0.39 is 0 Å². The summed E-state index contributed by atoms with van der Waals surface area (Å²) in [7, 11) is 0. The number of unbranched alkanes of at least 4 members (excludes halogenated alkanes) is 2. The number of anilines is 1. The van der Waals surface area contributed by atoms with E-state index in [4.69, 9.17) is 16.3 Å². The van der Waals surface area contributed by atoms with Crippen LogP contribution in [0.15, 0.2) is 41.4 Å². The minimum Gasteiger partial charge on any atom is -0.462 e. The first-order valence-electron chi connectivity index (χ1n) is 8.98. The number of hydrogen-bond donors (Lipinski definition) is 1. The molecule has 0 aliphatic carbocycles. The van der Waals surface area contributed by atoms with Gasteiger partial charge in [0.1, 0.15) is 5.71 Å². The smallest absolute Gasteiger partial charge is 0.338 e. The maximum absolute atomic E-state index is 12.3. The molecule has 0 unspecified atom stereocenters. The SMILES string of the molecule is CCCCCOC(=O)c1ccc(N=C2C(=O)Nc3c(C)ccc(Cl)c32)cc1. The highest BCUT2D eigenvalue weighted by atomic mass is 35.5. The Kier molecular flexibility index (Phi) is 5.91. The number of nitrogens with zero attached hydrogens (tertiary/aromatic N) is 1. The fourth-order valence-electron chi connectivity index (χ4n) is 2.87. The summed E-state index contributed by atoms with van der Waals surface area (Å²) in [5.74, 6) is -0.645. The van der Waals surface area contributed by atoms with Gasteiger partial charge in [-0.1, -0.05) is 37.4 Å². The molecule has 0 saturated carbocycles. The lowest BCUT2D eigenvalue weighted by molar-refractivity contribution is -0.110. The van der Waals surface area contributed by atoms with Crippen LogP contribution in [0, 0.1) is 6.92 Å². The van der Waals surface area contributed by atoms with Gasteiger partial charge in [0.2, 0.25) is 0 Å². The van der Waals surface area contributed by atoms with Gasteiger partial charge in [-0.2, -0.15) is 0 Å². The van der Waals surface area contributed by atoms with Gasteiger partial charge in [0.15, 0.2) is 0 Å². The van der Waals surface area contributed by atoms with Crippen molar-refractivity contribution in [3.05, 3.63) is 58.1 Å². The van der Waals surface area contributed by atoms with E-state index in [0.29, 0.717) is 34.1 Å². The number of esters is 1. The van der Waals surface area contributed by atoms with Crippen molar-refractivity contribution >= 4 is 40.6 Å². The monoisotopic (exact) mass is 384 g/mol. The van der Waals surface area contributed by atoms with Crippen LogP contribution in [0.1, 0.15) is 47.7 Å². The van der Waals surface area contributed by atoms with Gasteiger partial charge >= 0.3 is 5.97 Å². The topological polar surface area (TPSA) is 67.8 Å². The average Bonchev–Trinajstić information content (AvgIpc) is 3.00. The van der Waals surface area contributed by atoms with Crippen molar-refractivity contribution in [2.45, 2.75) is 33.1 Å². The standard InChI is InChI=1S/C21H21ClN2O3/c1-3-4-5-12-27-21(26)14-7-9-15(10-8-14)23-19-17-16(22)11-6-13(2)18(17)24-20(19)25/h6-11H,3-5,12H2,1-2H3,(H,23,24,25). The molecule has 1 aliphatic rings. The number of fused-ring (bicyclic) bond motifs is 1. The zero-order valence-electron chi connectivity index (χ0n) is 15.3. The summed E-state index contributed by atoms with van der Waals surface area (Å²) in [6.45, 7) is 4.42. The lowest BCUT2D eigenvalue weighted by atomic mass is 10.1. The van der Waals surface area contributed by atoms with Crippen molar-refractivity contribution in [1.82, 2.24) is 0 Å². The Bertz CT molecular complexity index is 904. The number of amides is 1. The van der Waals surface area contributed by atoms with Crippen LogP contribution in [0.3, 0.4) is 0 Å². The molecule has 0 aromatic heterocycles. The minimum atomic E-state index is -0.354. The second-order valence-corrected chi connectivity index (χ2v) is 6.83. The van der Waals surface area contributed by atoms with Crippen LogP contribution in [0.5, 0.6) is 0 Å². The van der Waals surface area contributed by atoms with Crippen molar-refractivity contribution in [3.63, 3.8) is 0 Å². The molecule has 0 radical (unpaired) electrons. The zero-order valence-corrected chi connectivity index (χ0v) is 16.1. The van der Waals surface area contributed by atoms with E-state index in [9.17, 15) is 9.59 Å². The number of halogens is 1. The number of hydrogen-bond acceptors (Lipinski definition) is 4. The summed E-state index contributed by atoms with van der Waals surface area (Å²) >= 11 is 6.27. The molecule has 0 saturated heterocycles. The summed E-state index contributed by atoms with van der Waals surface area (Å²) < 4.78 is 5.24. The third-order valence-electron chi connectivity index (χ3n) is 4.38. The van der Waals surface area contributed by atoms with E-state index >= 15 is 0 Å². The van der Waals surface area contributed by atoms with Crippen LogP contribution < -0.4 is 5.32 Å². The van der Waals surface area contributed by atoms with Crippen molar-refractivity contribution < 1.29 is 14.3 Å². The molecule has 5 nitrogen and oxygen atoms in total. The van der Waals surface area contributed by atoms with E-state index in [2.05, 4.69) is 17.2 Å². The Labute approximate surface area is 163 Å². The van der Waals surface area contributed by atoms with Crippen LogP contribution >= 0.6 is 11.6 Å². The third-order valence-corrected chi connectivity index (χ3v) is 4.69. The van der Waals surface area contributed by atoms with Crippen molar-refractivity contribution in [2.75, 3.05) is 11.9 Å². The molecule has 1 heterocycles. The number of ether oxygens (including phenoxy) is 1. The molecule has 0 bridgehead atoms. The largest absolute Gasteiger partial charge is 0.462 e. The third kappa shape index (κ3) is 4.19. The van der Waals surface area contributed by atoms with E-state index in [1.54, 1.807) is 30.3 Å². The average molecular weight is 385 g/mol. The van der Waals surface area contributed by atoms with Gasteiger partial charge < -0.3 is 10.1 Å². The molecule has 140 valence electrons. The second kappa shape index (κ2) is 8.35. The number of rotatable bonds is 6. The summed E-state index contributed by atoms with van der Waals surface area (Å²) in [5.41, 5.74) is 3.52. The van der Waals surface area contributed by atoms with E-state index in [-0.39, 0.29) is 17.6 Å². The summed E-state index contributed by atoms with van der Waals surface area (Å²) in [4.78, 5) is 28.8. The van der Waals surface area contributed by atoms with Crippen molar-refractivity contribution in [1.29, 1.82) is 0 Å². The maximum atomic E-state index is 12.3. The van der Waals surface area contributed by atoms with E-state index in [1.807, 2.05) is 13.0 Å². The second-order valence-electron chi connectivity index (χ2n) is 6.42. The molecule has 0 spiro atoms. The fraction of sp³-hybridized carbons (Fsp3) is 0.286. The van der Waals surface area contributed by atoms with Gasteiger partial charge in [-0.3, -0.25) is 4.79 Å². The number of benzene rings is 2.